The summed E-state index contributed by atoms with van der Waals surface area (Å²) in [5, 5.41) is 0. The van der Waals surface area contributed by atoms with Crippen molar-refractivity contribution in [2.45, 2.75) is 39.0 Å². The number of hydrogen-bond acceptors (Lipinski definition) is 3. The normalized spacial score (nSPS) is 10.6. The van der Waals surface area contributed by atoms with Gasteiger partial charge in [-0.3, -0.25) is 20.4 Å². The second kappa shape index (κ2) is 7.59. The second-order valence-electron chi connectivity index (χ2n) is 5.31. The lowest BCUT2D eigenvalue weighted by atomic mass is 10.2. The summed E-state index contributed by atoms with van der Waals surface area (Å²) in [7, 11) is 1.88. The number of para-hydroxylation sites is 2. The zero-order valence-corrected chi connectivity index (χ0v) is 13.1. The van der Waals surface area contributed by atoms with Crippen molar-refractivity contribution in [1.29, 1.82) is 0 Å². The number of amides is 2. The largest absolute Gasteiger partial charge is 0.331 e. The maximum Gasteiger partial charge on any atom is 0.245 e. The predicted molar refractivity (Wildman–Crippen MR) is 84.8 cm³/mol. The molecule has 0 unspecified atom stereocenters. The molecule has 1 aromatic heterocycles. The van der Waals surface area contributed by atoms with Crippen molar-refractivity contribution in [2.24, 2.45) is 7.05 Å². The zero-order valence-electron chi connectivity index (χ0n) is 13.1. The van der Waals surface area contributed by atoms with Gasteiger partial charge in [0.1, 0.15) is 5.82 Å². The van der Waals surface area contributed by atoms with Crippen LogP contribution in [-0.4, -0.2) is 21.4 Å². The van der Waals surface area contributed by atoms with E-state index >= 15 is 0 Å². The van der Waals surface area contributed by atoms with Crippen LogP contribution in [0.3, 0.4) is 0 Å². The molecule has 2 rings (SSSR count). The Morgan fingerprint density at radius 1 is 1.14 bits per heavy atom. The molecule has 0 saturated carbocycles. The Morgan fingerprint density at radius 3 is 2.59 bits per heavy atom. The number of aryl methyl sites for hydroxylation is 1. The van der Waals surface area contributed by atoms with Gasteiger partial charge in [0.05, 0.1) is 17.5 Å². The lowest BCUT2D eigenvalue weighted by molar-refractivity contribution is -0.128. The zero-order chi connectivity index (χ0) is 15.9. The Bertz CT molecular complexity index is 663. The van der Waals surface area contributed by atoms with Crippen molar-refractivity contribution in [3.8, 4) is 0 Å². The molecular weight excluding hydrogens is 280 g/mol. The van der Waals surface area contributed by atoms with Crippen molar-refractivity contribution < 1.29 is 9.59 Å². The van der Waals surface area contributed by atoms with Crippen LogP contribution in [0.15, 0.2) is 24.3 Å². The average Bonchev–Trinajstić information content (AvgIpc) is 2.82. The Labute approximate surface area is 129 Å². The van der Waals surface area contributed by atoms with Gasteiger partial charge < -0.3 is 4.57 Å². The average molecular weight is 302 g/mol. The molecule has 22 heavy (non-hydrogen) atoms. The molecule has 0 atom stereocenters. The van der Waals surface area contributed by atoms with Gasteiger partial charge in [0.2, 0.25) is 11.8 Å². The van der Waals surface area contributed by atoms with Crippen LogP contribution in [0.25, 0.3) is 11.0 Å². The highest BCUT2D eigenvalue weighted by Gasteiger charge is 2.12. The van der Waals surface area contributed by atoms with E-state index in [0.717, 1.165) is 30.3 Å². The molecule has 0 fully saturated rings. The maximum atomic E-state index is 11.9. The number of fused-ring (bicyclic) bond motifs is 1. The molecule has 2 N–H and O–H groups in total. The molecule has 6 nitrogen and oxygen atoms in total. The van der Waals surface area contributed by atoms with E-state index in [9.17, 15) is 9.59 Å². The number of carbonyl (C=O) groups excluding carboxylic acids is 2. The molecule has 6 heteroatoms. The lowest BCUT2D eigenvalue weighted by Gasteiger charge is -2.07. The quantitative estimate of drug-likeness (QED) is 0.631. The van der Waals surface area contributed by atoms with Gasteiger partial charge in [0, 0.05) is 13.5 Å². The molecule has 1 aromatic carbocycles. The number of nitrogens with one attached hydrogen (secondary N) is 2. The Hall–Kier alpha value is -2.37. The third kappa shape index (κ3) is 4.07. The summed E-state index contributed by atoms with van der Waals surface area (Å²) in [6.07, 6.45) is 3.47. The molecule has 0 bridgehead atoms. The molecule has 0 aliphatic heterocycles. The van der Waals surface area contributed by atoms with Gasteiger partial charge in [-0.2, -0.15) is 0 Å². The summed E-state index contributed by atoms with van der Waals surface area (Å²) >= 11 is 0. The Balaban J connectivity index is 1.86. The van der Waals surface area contributed by atoms with Crippen LogP contribution in [0.1, 0.15) is 38.4 Å². The van der Waals surface area contributed by atoms with E-state index in [1.165, 1.54) is 0 Å². The molecule has 0 radical (unpaired) electrons. The van der Waals surface area contributed by atoms with E-state index in [2.05, 4.69) is 22.8 Å². The first-order chi connectivity index (χ1) is 10.6. The van der Waals surface area contributed by atoms with Crippen LogP contribution in [0.2, 0.25) is 0 Å². The molecule has 2 aromatic rings. The van der Waals surface area contributed by atoms with Gasteiger partial charge in [0.25, 0.3) is 0 Å². The fraction of sp³-hybridized carbons (Fsp3) is 0.438. The first kappa shape index (κ1) is 16.0. The third-order valence-electron chi connectivity index (χ3n) is 3.55. The first-order valence-corrected chi connectivity index (χ1v) is 7.60. The van der Waals surface area contributed by atoms with E-state index in [1.807, 2.05) is 35.9 Å². The monoisotopic (exact) mass is 302 g/mol. The van der Waals surface area contributed by atoms with Gasteiger partial charge in [-0.05, 0) is 18.6 Å². The molecule has 0 aliphatic carbocycles. The number of aromatic nitrogens is 2. The predicted octanol–water partition coefficient (Wildman–Crippen LogP) is 1.84. The highest BCUT2D eigenvalue weighted by molar-refractivity contribution is 5.84. The minimum atomic E-state index is -0.276. The summed E-state index contributed by atoms with van der Waals surface area (Å²) < 4.78 is 1.89. The second-order valence-corrected chi connectivity index (χ2v) is 5.31. The molecular formula is C16H22N4O2. The van der Waals surface area contributed by atoms with Gasteiger partial charge in [-0.15, -0.1) is 0 Å². The van der Waals surface area contributed by atoms with Crippen molar-refractivity contribution in [3.05, 3.63) is 30.1 Å². The summed E-state index contributed by atoms with van der Waals surface area (Å²) in [4.78, 5) is 27.9. The fourth-order valence-electron chi connectivity index (χ4n) is 2.28. The van der Waals surface area contributed by atoms with Gasteiger partial charge >= 0.3 is 0 Å². The summed E-state index contributed by atoms with van der Waals surface area (Å²) in [6.45, 7) is 2.08. The van der Waals surface area contributed by atoms with E-state index < -0.39 is 0 Å². The van der Waals surface area contributed by atoms with Crippen LogP contribution in [-0.2, 0) is 23.1 Å². The Morgan fingerprint density at radius 2 is 1.86 bits per heavy atom. The van der Waals surface area contributed by atoms with Crippen molar-refractivity contribution in [3.63, 3.8) is 0 Å². The summed E-state index contributed by atoms with van der Waals surface area (Å²) in [5.74, 6) is 0.230. The molecule has 0 spiro atoms. The highest BCUT2D eigenvalue weighted by atomic mass is 16.2. The highest BCUT2D eigenvalue weighted by Crippen LogP contribution is 2.14. The molecule has 1 heterocycles. The van der Waals surface area contributed by atoms with E-state index in [0.29, 0.717) is 12.2 Å². The number of benzene rings is 1. The van der Waals surface area contributed by atoms with Crippen molar-refractivity contribution in [2.75, 3.05) is 0 Å². The number of unbranched alkanes of at least 4 members (excludes halogenated alkanes) is 2. The number of nitrogens with zero attached hydrogens (tertiary/aromatic N) is 2. The van der Waals surface area contributed by atoms with E-state index in [-0.39, 0.29) is 18.2 Å². The molecule has 2 amide bonds. The number of rotatable bonds is 6. The van der Waals surface area contributed by atoms with Crippen LogP contribution in [0, 0.1) is 0 Å². The van der Waals surface area contributed by atoms with Crippen LogP contribution in [0.4, 0.5) is 0 Å². The minimum Gasteiger partial charge on any atom is -0.331 e. The van der Waals surface area contributed by atoms with E-state index in [1.54, 1.807) is 0 Å². The fourth-order valence-corrected chi connectivity index (χ4v) is 2.28. The summed E-state index contributed by atoms with van der Waals surface area (Å²) in [5.41, 5.74) is 6.72. The Kier molecular flexibility index (Phi) is 5.52. The van der Waals surface area contributed by atoms with Crippen LogP contribution >= 0.6 is 0 Å². The number of hydrogen-bond donors (Lipinski definition) is 2. The standard InChI is InChI=1S/C16H22N4O2/c1-3-4-5-10-15(21)18-19-16(22)11-14-17-12-8-6-7-9-13(12)20(14)2/h6-9H,3-5,10-11H2,1-2H3,(H,18,21)(H,19,22). The van der Waals surface area contributed by atoms with Crippen LogP contribution < -0.4 is 10.9 Å². The number of hydrazine groups is 1. The van der Waals surface area contributed by atoms with Crippen LogP contribution in [0.5, 0.6) is 0 Å². The number of carbonyl (C=O) groups is 2. The lowest BCUT2D eigenvalue weighted by Crippen LogP contribution is -2.42. The summed E-state index contributed by atoms with van der Waals surface area (Å²) in [6, 6.07) is 7.71. The van der Waals surface area contributed by atoms with Gasteiger partial charge in [-0.1, -0.05) is 31.9 Å². The SMILES string of the molecule is CCCCCC(=O)NNC(=O)Cc1nc2ccccc2n1C. The smallest absolute Gasteiger partial charge is 0.245 e. The minimum absolute atomic E-state index is 0.125. The van der Waals surface area contributed by atoms with Gasteiger partial charge in [0.15, 0.2) is 0 Å². The topological polar surface area (TPSA) is 76.0 Å². The van der Waals surface area contributed by atoms with Crippen molar-refractivity contribution >= 4 is 22.8 Å². The number of imidazole rings is 1. The van der Waals surface area contributed by atoms with Crippen molar-refractivity contribution in [1.82, 2.24) is 20.4 Å². The maximum absolute atomic E-state index is 11.9. The molecule has 0 saturated heterocycles. The molecule has 0 aliphatic rings. The van der Waals surface area contributed by atoms with Gasteiger partial charge in [-0.25, -0.2) is 4.98 Å². The first-order valence-electron chi connectivity index (χ1n) is 7.60. The third-order valence-corrected chi connectivity index (χ3v) is 3.55. The molecule has 118 valence electrons. The van der Waals surface area contributed by atoms with E-state index in [4.69, 9.17) is 0 Å².